The van der Waals surface area contributed by atoms with E-state index >= 15 is 0 Å². The maximum absolute atomic E-state index is 12.8. The van der Waals surface area contributed by atoms with Crippen LogP contribution in [0.4, 0.5) is 4.39 Å². The number of hydrogen-bond acceptors (Lipinski definition) is 2. The molecule has 0 aliphatic rings. The van der Waals surface area contributed by atoms with Crippen LogP contribution in [0.15, 0.2) is 36.5 Å². The van der Waals surface area contributed by atoms with Gasteiger partial charge < -0.3 is 4.74 Å². The minimum Gasteiger partial charge on any atom is -0.457 e. The molecule has 1 aromatic heterocycles. The Morgan fingerprint density at radius 1 is 1.00 bits per heavy atom. The summed E-state index contributed by atoms with van der Waals surface area (Å²) >= 11 is 11.6. The molecule has 82 valence electrons. The van der Waals surface area contributed by atoms with E-state index < -0.39 is 5.95 Å². The lowest BCUT2D eigenvalue weighted by Crippen LogP contribution is -1.87. The van der Waals surface area contributed by atoms with E-state index in [1.165, 1.54) is 18.3 Å². The Kier molecular flexibility index (Phi) is 3.27. The Bertz CT molecular complexity index is 499. The van der Waals surface area contributed by atoms with Gasteiger partial charge in [0.15, 0.2) is 0 Å². The van der Waals surface area contributed by atoms with Crippen LogP contribution in [-0.2, 0) is 0 Å². The molecule has 0 fully saturated rings. The van der Waals surface area contributed by atoms with Gasteiger partial charge >= 0.3 is 0 Å². The summed E-state index contributed by atoms with van der Waals surface area (Å²) in [5, 5.41) is 0.911. The summed E-state index contributed by atoms with van der Waals surface area (Å²) in [5.41, 5.74) is 0. The second kappa shape index (κ2) is 4.68. The van der Waals surface area contributed by atoms with Crippen molar-refractivity contribution in [3.8, 4) is 11.5 Å². The van der Waals surface area contributed by atoms with Crippen molar-refractivity contribution in [3.05, 3.63) is 52.5 Å². The van der Waals surface area contributed by atoms with Gasteiger partial charge in [-0.2, -0.15) is 4.39 Å². The molecule has 5 heteroatoms. The Morgan fingerprint density at radius 2 is 1.69 bits per heavy atom. The highest BCUT2D eigenvalue weighted by Gasteiger charge is 2.02. The number of hydrogen-bond donors (Lipinski definition) is 0. The van der Waals surface area contributed by atoms with Crippen LogP contribution in [0, 0.1) is 5.95 Å². The second-order valence-corrected chi connectivity index (χ2v) is 3.89. The highest BCUT2D eigenvalue weighted by molar-refractivity contribution is 6.34. The van der Waals surface area contributed by atoms with Crippen LogP contribution in [0.2, 0.25) is 10.0 Å². The van der Waals surface area contributed by atoms with Crippen LogP contribution in [0.3, 0.4) is 0 Å². The lowest BCUT2D eigenvalue weighted by molar-refractivity contribution is 0.472. The first-order valence-corrected chi connectivity index (χ1v) is 5.14. The van der Waals surface area contributed by atoms with Crippen LogP contribution in [0.5, 0.6) is 11.5 Å². The predicted molar refractivity (Wildman–Crippen MR) is 60.7 cm³/mol. The molecule has 2 aromatic rings. The topological polar surface area (TPSA) is 22.1 Å². The van der Waals surface area contributed by atoms with Gasteiger partial charge in [0.25, 0.3) is 0 Å². The van der Waals surface area contributed by atoms with Crippen molar-refractivity contribution in [2.24, 2.45) is 0 Å². The number of nitrogens with zero attached hydrogens (tertiary/aromatic N) is 1. The number of rotatable bonds is 2. The lowest BCUT2D eigenvalue weighted by atomic mass is 10.3. The lowest BCUT2D eigenvalue weighted by Gasteiger charge is -2.06. The number of pyridine rings is 1. The maximum atomic E-state index is 12.8. The molecule has 2 nitrogen and oxygen atoms in total. The molecule has 0 aliphatic heterocycles. The van der Waals surface area contributed by atoms with Gasteiger partial charge in [0.05, 0.1) is 0 Å². The molecule has 0 spiro atoms. The van der Waals surface area contributed by atoms with Crippen LogP contribution in [-0.4, -0.2) is 4.98 Å². The molecule has 0 aliphatic carbocycles. The van der Waals surface area contributed by atoms with Crippen molar-refractivity contribution in [3.63, 3.8) is 0 Å². The Hall–Kier alpha value is -1.32. The SMILES string of the molecule is Fc1cc(Oc2cc(Cl)cc(Cl)c2)ccn1. The Morgan fingerprint density at radius 3 is 2.31 bits per heavy atom. The quantitative estimate of drug-likeness (QED) is 0.748. The van der Waals surface area contributed by atoms with Crippen molar-refractivity contribution >= 4 is 23.2 Å². The molecule has 0 radical (unpaired) electrons. The average molecular weight is 258 g/mol. The molecular weight excluding hydrogens is 252 g/mol. The fraction of sp³-hybridized carbons (Fsp3) is 0. The number of halogens is 3. The van der Waals surface area contributed by atoms with E-state index in [1.807, 2.05) is 0 Å². The van der Waals surface area contributed by atoms with Gasteiger partial charge in [0, 0.05) is 22.3 Å². The zero-order valence-electron chi connectivity index (χ0n) is 7.95. The van der Waals surface area contributed by atoms with Gasteiger partial charge in [-0.3, -0.25) is 0 Å². The largest absolute Gasteiger partial charge is 0.457 e. The zero-order valence-corrected chi connectivity index (χ0v) is 9.47. The first-order chi connectivity index (χ1) is 7.63. The summed E-state index contributed by atoms with van der Waals surface area (Å²) in [6.45, 7) is 0. The molecule has 0 bridgehead atoms. The fourth-order valence-corrected chi connectivity index (χ4v) is 1.68. The van der Waals surface area contributed by atoms with E-state index in [4.69, 9.17) is 27.9 Å². The van der Waals surface area contributed by atoms with Crippen molar-refractivity contribution in [1.82, 2.24) is 4.98 Å². The summed E-state index contributed by atoms with van der Waals surface area (Å²) < 4.78 is 18.2. The third kappa shape index (κ3) is 2.84. The van der Waals surface area contributed by atoms with E-state index in [1.54, 1.807) is 18.2 Å². The molecule has 0 atom stereocenters. The van der Waals surface area contributed by atoms with Crippen LogP contribution >= 0.6 is 23.2 Å². The molecular formula is C11H6Cl2FNO. The highest BCUT2D eigenvalue weighted by Crippen LogP contribution is 2.28. The first-order valence-electron chi connectivity index (χ1n) is 4.39. The van der Waals surface area contributed by atoms with Gasteiger partial charge in [0.2, 0.25) is 5.95 Å². The molecule has 16 heavy (non-hydrogen) atoms. The van der Waals surface area contributed by atoms with Crippen molar-refractivity contribution < 1.29 is 9.13 Å². The van der Waals surface area contributed by atoms with Crippen LogP contribution in [0.25, 0.3) is 0 Å². The summed E-state index contributed by atoms with van der Waals surface area (Å²) in [6, 6.07) is 7.48. The van der Waals surface area contributed by atoms with Crippen molar-refractivity contribution in [1.29, 1.82) is 0 Å². The standard InChI is InChI=1S/C11H6Cl2FNO/c12-7-3-8(13)5-10(4-7)16-9-1-2-15-11(14)6-9/h1-6H. The van der Waals surface area contributed by atoms with Gasteiger partial charge in [-0.15, -0.1) is 0 Å². The third-order valence-electron chi connectivity index (χ3n) is 1.77. The van der Waals surface area contributed by atoms with Crippen molar-refractivity contribution in [2.75, 3.05) is 0 Å². The molecule has 0 saturated heterocycles. The summed E-state index contributed by atoms with van der Waals surface area (Å²) in [4.78, 5) is 3.42. The van der Waals surface area contributed by atoms with E-state index in [-0.39, 0.29) is 0 Å². The first kappa shape index (κ1) is 11.2. The average Bonchev–Trinajstić information content (AvgIpc) is 2.15. The molecule has 1 heterocycles. The molecule has 0 unspecified atom stereocenters. The van der Waals surface area contributed by atoms with E-state index in [2.05, 4.69) is 4.98 Å². The number of benzene rings is 1. The van der Waals surface area contributed by atoms with Gasteiger partial charge in [-0.05, 0) is 24.3 Å². The van der Waals surface area contributed by atoms with Crippen molar-refractivity contribution in [2.45, 2.75) is 0 Å². The minimum atomic E-state index is -0.606. The van der Waals surface area contributed by atoms with E-state index in [9.17, 15) is 4.39 Å². The molecule has 0 amide bonds. The summed E-state index contributed by atoms with van der Waals surface area (Å²) in [5.74, 6) is 0.180. The highest BCUT2D eigenvalue weighted by atomic mass is 35.5. The zero-order chi connectivity index (χ0) is 11.5. The molecule has 2 rings (SSSR count). The second-order valence-electron chi connectivity index (χ2n) is 3.02. The van der Waals surface area contributed by atoms with E-state index in [0.717, 1.165) is 0 Å². The monoisotopic (exact) mass is 257 g/mol. The van der Waals surface area contributed by atoms with Gasteiger partial charge in [0.1, 0.15) is 11.5 Å². The predicted octanol–water partition coefficient (Wildman–Crippen LogP) is 4.32. The fourth-order valence-electron chi connectivity index (χ4n) is 1.17. The third-order valence-corrected chi connectivity index (χ3v) is 2.21. The molecule has 0 saturated carbocycles. The number of aromatic nitrogens is 1. The van der Waals surface area contributed by atoms with E-state index in [0.29, 0.717) is 21.5 Å². The van der Waals surface area contributed by atoms with Crippen LogP contribution < -0.4 is 4.74 Å². The minimum absolute atomic E-state index is 0.339. The summed E-state index contributed by atoms with van der Waals surface area (Å²) in [6.07, 6.45) is 1.32. The van der Waals surface area contributed by atoms with Gasteiger partial charge in [-0.25, -0.2) is 4.98 Å². The van der Waals surface area contributed by atoms with Gasteiger partial charge in [-0.1, -0.05) is 23.2 Å². The maximum Gasteiger partial charge on any atom is 0.216 e. The smallest absolute Gasteiger partial charge is 0.216 e. The Labute approximate surface area is 102 Å². The van der Waals surface area contributed by atoms with Crippen LogP contribution in [0.1, 0.15) is 0 Å². The Balaban J connectivity index is 2.27. The molecule has 0 N–H and O–H groups in total. The normalized spacial score (nSPS) is 10.2. The molecule has 1 aromatic carbocycles. The number of ether oxygens (including phenoxy) is 1. The summed E-state index contributed by atoms with van der Waals surface area (Å²) in [7, 11) is 0.